The molecule has 0 radical (unpaired) electrons. The number of hydrogen-bond acceptors (Lipinski definition) is 4. The third-order valence-electron chi connectivity index (χ3n) is 4.01. The van der Waals surface area contributed by atoms with Crippen LogP contribution in [0.4, 0.5) is 8.78 Å². The average molecular weight is 365 g/mol. The molecule has 2 rings (SSSR count). The third-order valence-corrected chi connectivity index (χ3v) is 4.55. The molecule has 0 aliphatic carbocycles. The van der Waals surface area contributed by atoms with Gasteiger partial charge in [0.1, 0.15) is 0 Å². The quantitative estimate of drug-likeness (QED) is 0.623. The second-order valence-corrected chi connectivity index (χ2v) is 6.60. The maximum absolute atomic E-state index is 13.3. The summed E-state index contributed by atoms with van der Waals surface area (Å²) in [6.45, 7) is 5.55. The van der Waals surface area contributed by atoms with Crippen LogP contribution in [0.15, 0.2) is 23.4 Å². The lowest BCUT2D eigenvalue weighted by Crippen LogP contribution is -2.27. The second-order valence-electron chi connectivity index (χ2n) is 5.82. The van der Waals surface area contributed by atoms with Crippen molar-refractivity contribution in [1.29, 1.82) is 0 Å². The number of nitrogens with zero attached hydrogens (tertiary/aromatic N) is 2. The van der Waals surface area contributed by atoms with Crippen LogP contribution in [0.1, 0.15) is 41.9 Å². The van der Waals surface area contributed by atoms with Crippen molar-refractivity contribution in [2.24, 2.45) is 0 Å². The van der Waals surface area contributed by atoms with Gasteiger partial charge in [0.2, 0.25) is 5.91 Å². The van der Waals surface area contributed by atoms with E-state index in [9.17, 15) is 13.6 Å². The summed E-state index contributed by atoms with van der Waals surface area (Å²) < 4.78 is 26.3. The zero-order chi connectivity index (χ0) is 18.6. The van der Waals surface area contributed by atoms with Crippen LogP contribution in [-0.4, -0.2) is 22.1 Å². The SMILES string of the molecule is CSc1nc(C)c(CCC(=O)NC(C)c2ccc(F)c(F)c2)c(C)n1. The Morgan fingerprint density at radius 3 is 2.40 bits per heavy atom. The van der Waals surface area contributed by atoms with Crippen molar-refractivity contribution in [3.63, 3.8) is 0 Å². The van der Waals surface area contributed by atoms with E-state index in [1.807, 2.05) is 20.1 Å². The number of thioether (sulfide) groups is 1. The molecule has 0 fully saturated rings. The Bertz CT molecular complexity index is 760. The molecular weight excluding hydrogens is 344 g/mol. The summed E-state index contributed by atoms with van der Waals surface area (Å²) in [5, 5.41) is 3.52. The Hall–Kier alpha value is -2.02. The number of nitrogens with one attached hydrogen (secondary N) is 1. The molecule has 2 aromatic rings. The minimum Gasteiger partial charge on any atom is -0.350 e. The first-order chi connectivity index (χ1) is 11.8. The summed E-state index contributed by atoms with van der Waals surface area (Å²) in [6, 6.07) is 3.22. The third kappa shape index (κ3) is 4.98. The number of rotatable bonds is 6. The highest BCUT2D eigenvalue weighted by atomic mass is 32.2. The summed E-state index contributed by atoms with van der Waals surface area (Å²) in [5.74, 6) is -1.98. The summed E-state index contributed by atoms with van der Waals surface area (Å²) in [5.41, 5.74) is 3.23. The second kappa shape index (κ2) is 8.38. The first kappa shape index (κ1) is 19.3. The average Bonchev–Trinajstić information content (AvgIpc) is 2.56. The Morgan fingerprint density at radius 1 is 1.20 bits per heavy atom. The van der Waals surface area contributed by atoms with Gasteiger partial charge in [0, 0.05) is 17.8 Å². The number of amides is 1. The van der Waals surface area contributed by atoms with E-state index >= 15 is 0 Å². The van der Waals surface area contributed by atoms with Gasteiger partial charge in [-0.3, -0.25) is 4.79 Å². The molecule has 1 unspecified atom stereocenters. The van der Waals surface area contributed by atoms with Crippen LogP contribution in [0.3, 0.4) is 0 Å². The Balaban J connectivity index is 1.97. The largest absolute Gasteiger partial charge is 0.350 e. The molecule has 0 saturated heterocycles. The molecule has 25 heavy (non-hydrogen) atoms. The van der Waals surface area contributed by atoms with Crippen molar-refractivity contribution in [3.8, 4) is 0 Å². The van der Waals surface area contributed by atoms with Crippen LogP contribution in [0.5, 0.6) is 0 Å². The molecule has 134 valence electrons. The van der Waals surface area contributed by atoms with Crippen molar-refractivity contribution in [2.45, 2.75) is 44.8 Å². The molecule has 0 aliphatic heterocycles. The standard InChI is InChI=1S/C18H21F2N3OS/c1-10(13-5-7-15(19)16(20)9-13)21-17(24)8-6-14-11(2)22-18(25-4)23-12(14)3/h5,7,9-10H,6,8H2,1-4H3,(H,21,24). The molecule has 0 saturated carbocycles. The molecule has 1 amide bonds. The Morgan fingerprint density at radius 2 is 1.84 bits per heavy atom. The maximum atomic E-state index is 13.3. The topological polar surface area (TPSA) is 54.9 Å². The van der Waals surface area contributed by atoms with Crippen molar-refractivity contribution in [2.75, 3.05) is 6.26 Å². The zero-order valence-corrected chi connectivity index (χ0v) is 15.5. The lowest BCUT2D eigenvalue weighted by atomic mass is 10.1. The van der Waals surface area contributed by atoms with E-state index in [0.29, 0.717) is 12.0 Å². The fraction of sp³-hybridized carbons (Fsp3) is 0.389. The van der Waals surface area contributed by atoms with Crippen LogP contribution in [0, 0.1) is 25.5 Å². The molecule has 0 bridgehead atoms. The molecule has 1 heterocycles. The molecule has 4 nitrogen and oxygen atoms in total. The number of halogens is 2. The van der Waals surface area contributed by atoms with E-state index in [1.165, 1.54) is 17.8 Å². The minimum atomic E-state index is -0.920. The predicted molar refractivity (Wildman–Crippen MR) is 94.5 cm³/mol. The fourth-order valence-corrected chi connectivity index (χ4v) is 3.04. The highest BCUT2D eigenvalue weighted by Crippen LogP contribution is 2.18. The normalized spacial score (nSPS) is 12.1. The highest BCUT2D eigenvalue weighted by Gasteiger charge is 2.14. The summed E-state index contributed by atoms with van der Waals surface area (Å²) in [7, 11) is 0. The summed E-state index contributed by atoms with van der Waals surface area (Å²) >= 11 is 1.48. The van der Waals surface area contributed by atoms with Gasteiger partial charge in [0.25, 0.3) is 0 Å². The molecule has 0 spiro atoms. The minimum absolute atomic E-state index is 0.162. The van der Waals surface area contributed by atoms with Gasteiger partial charge >= 0.3 is 0 Å². The van der Waals surface area contributed by atoms with Gasteiger partial charge in [-0.15, -0.1) is 0 Å². The summed E-state index contributed by atoms with van der Waals surface area (Å²) in [6.07, 6.45) is 2.72. The highest BCUT2D eigenvalue weighted by molar-refractivity contribution is 7.98. The molecule has 0 aliphatic rings. The van der Waals surface area contributed by atoms with Crippen LogP contribution in [0.25, 0.3) is 0 Å². The van der Waals surface area contributed by atoms with Crippen LogP contribution in [-0.2, 0) is 11.2 Å². The monoisotopic (exact) mass is 365 g/mol. The lowest BCUT2D eigenvalue weighted by Gasteiger charge is -2.15. The van der Waals surface area contributed by atoms with Crippen molar-refractivity contribution in [1.82, 2.24) is 15.3 Å². The molecule has 1 N–H and O–H groups in total. The molecule has 1 atom stereocenters. The molecular formula is C18H21F2N3OS. The Labute approximate surface area is 150 Å². The first-order valence-electron chi connectivity index (χ1n) is 7.94. The maximum Gasteiger partial charge on any atom is 0.220 e. The van der Waals surface area contributed by atoms with E-state index in [1.54, 1.807) is 6.92 Å². The zero-order valence-electron chi connectivity index (χ0n) is 14.7. The summed E-state index contributed by atoms with van der Waals surface area (Å²) in [4.78, 5) is 21.0. The van der Waals surface area contributed by atoms with Gasteiger partial charge in [-0.1, -0.05) is 17.8 Å². The number of aryl methyl sites for hydroxylation is 2. The van der Waals surface area contributed by atoms with Crippen LogP contribution in [0.2, 0.25) is 0 Å². The number of aromatic nitrogens is 2. The fourth-order valence-electron chi connectivity index (χ4n) is 2.58. The van der Waals surface area contributed by atoms with E-state index in [-0.39, 0.29) is 12.3 Å². The molecule has 7 heteroatoms. The van der Waals surface area contributed by atoms with Crippen molar-refractivity contribution < 1.29 is 13.6 Å². The molecule has 1 aromatic heterocycles. The van der Waals surface area contributed by atoms with Gasteiger partial charge in [-0.25, -0.2) is 18.7 Å². The molecule has 1 aromatic carbocycles. The van der Waals surface area contributed by atoms with Crippen LogP contribution >= 0.6 is 11.8 Å². The first-order valence-corrected chi connectivity index (χ1v) is 9.16. The number of carbonyl (C=O) groups is 1. The van der Waals surface area contributed by atoms with E-state index in [2.05, 4.69) is 15.3 Å². The van der Waals surface area contributed by atoms with Gasteiger partial charge in [0.05, 0.1) is 6.04 Å². The predicted octanol–water partition coefficient (Wildman–Crippen LogP) is 3.90. The van der Waals surface area contributed by atoms with E-state index < -0.39 is 17.7 Å². The van der Waals surface area contributed by atoms with Crippen molar-refractivity contribution >= 4 is 17.7 Å². The number of hydrogen-bond donors (Lipinski definition) is 1. The Kier molecular flexibility index (Phi) is 6.47. The van der Waals surface area contributed by atoms with E-state index in [4.69, 9.17) is 0 Å². The van der Waals surface area contributed by atoms with Gasteiger partial charge in [-0.2, -0.15) is 0 Å². The van der Waals surface area contributed by atoms with E-state index in [0.717, 1.165) is 34.2 Å². The van der Waals surface area contributed by atoms with Gasteiger partial charge < -0.3 is 5.32 Å². The number of benzene rings is 1. The van der Waals surface area contributed by atoms with Crippen molar-refractivity contribution in [3.05, 3.63) is 52.3 Å². The van der Waals surface area contributed by atoms with Gasteiger partial charge in [-0.05, 0) is 56.7 Å². The smallest absolute Gasteiger partial charge is 0.220 e. The lowest BCUT2D eigenvalue weighted by molar-refractivity contribution is -0.121. The number of carbonyl (C=O) groups excluding carboxylic acids is 1. The van der Waals surface area contributed by atoms with Crippen LogP contribution < -0.4 is 5.32 Å². The van der Waals surface area contributed by atoms with Gasteiger partial charge in [0.15, 0.2) is 16.8 Å².